The van der Waals surface area contributed by atoms with E-state index in [1.165, 1.54) is 0 Å². The highest BCUT2D eigenvalue weighted by molar-refractivity contribution is 6.32. The van der Waals surface area contributed by atoms with Gasteiger partial charge in [-0.15, -0.1) is 0 Å². The molecule has 0 atom stereocenters. The van der Waals surface area contributed by atoms with Gasteiger partial charge in [-0.3, -0.25) is 9.59 Å². The Kier molecular flexibility index (Phi) is 5.24. The zero-order chi connectivity index (χ0) is 17.0. The Bertz CT molecular complexity index is 742. The monoisotopic (exact) mass is 332 g/mol. The van der Waals surface area contributed by atoms with Gasteiger partial charge < -0.3 is 15.8 Å². The second-order valence-corrected chi connectivity index (χ2v) is 5.33. The summed E-state index contributed by atoms with van der Waals surface area (Å²) in [5.74, 6) is -0.259. The van der Waals surface area contributed by atoms with Crippen molar-refractivity contribution in [1.82, 2.24) is 0 Å². The smallest absolute Gasteiger partial charge is 0.255 e. The van der Waals surface area contributed by atoms with Crippen LogP contribution in [0.3, 0.4) is 0 Å². The highest BCUT2D eigenvalue weighted by Crippen LogP contribution is 2.28. The first-order chi connectivity index (χ1) is 10.9. The van der Waals surface area contributed by atoms with Crippen molar-refractivity contribution in [3.8, 4) is 5.75 Å². The molecular weight excluding hydrogens is 316 g/mol. The molecule has 0 fully saturated rings. The molecule has 0 saturated heterocycles. The van der Waals surface area contributed by atoms with Crippen LogP contribution in [0.5, 0.6) is 5.75 Å². The number of nitrogens with two attached hydrogens (primary N) is 1. The highest BCUT2D eigenvalue weighted by Gasteiger charge is 2.14. The molecule has 0 radical (unpaired) electrons. The number of benzene rings is 2. The third-order valence-electron chi connectivity index (χ3n) is 3.25. The van der Waals surface area contributed by atoms with E-state index in [1.54, 1.807) is 36.4 Å². The molecule has 120 valence electrons. The molecule has 2 amide bonds. The topological polar surface area (TPSA) is 81.4 Å². The van der Waals surface area contributed by atoms with E-state index in [1.807, 2.05) is 13.8 Å². The Morgan fingerprint density at radius 3 is 2.43 bits per heavy atom. The van der Waals surface area contributed by atoms with Gasteiger partial charge in [0.1, 0.15) is 5.75 Å². The van der Waals surface area contributed by atoms with Gasteiger partial charge in [-0.05, 0) is 55.8 Å². The number of carbonyl (C=O) groups excluding carboxylic acids is 2. The molecule has 0 heterocycles. The fourth-order valence-corrected chi connectivity index (χ4v) is 2.30. The van der Waals surface area contributed by atoms with Crippen molar-refractivity contribution in [2.24, 2.45) is 5.73 Å². The van der Waals surface area contributed by atoms with Crippen LogP contribution in [0.1, 0.15) is 33.2 Å². The fraction of sp³-hybridized carbons (Fsp3) is 0.176. The van der Waals surface area contributed by atoms with Gasteiger partial charge in [0.25, 0.3) is 5.91 Å². The van der Waals surface area contributed by atoms with Gasteiger partial charge in [0.15, 0.2) is 0 Å². The largest absolute Gasteiger partial charge is 0.492 e. The maximum atomic E-state index is 12.4. The number of aryl methyl sites for hydroxylation is 1. The first kappa shape index (κ1) is 16.8. The quantitative estimate of drug-likeness (QED) is 0.880. The minimum Gasteiger partial charge on any atom is -0.492 e. The van der Waals surface area contributed by atoms with Crippen molar-refractivity contribution >= 4 is 29.1 Å². The third kappa shape index (κ3) is 4.02. The Hall–Kier alpha value is -2.53. The average molecular weight is 333 g/mol. The second-order valence-electron chi connectivity index (χ2n) is 4.93. The first-order valence-corrected chi connectivity index (χ1v) is 7.44. The van der Waals surface area contributed by atoms with Crippen molar-refractivity contribution < 1.29 is 14.3 Å². The minimum atomic E-state index is -0.517. The minimum absolute atomic E-state index is 0.292. The van der Waals surface area contributed by atoms with E-state index in [2.05, 4.69) is 5.32 Å². The Labute approximate surface area is 139 Å². The number of halogens is 1. The molecule has 2 aromatic carbocycles. The number of hydrogen-bond acceptors (Lipinski definition) is 3. The predicted octanol–water partition coefficient (Wildman–Crippen LogP) is 3.40. The average Bonchev–Trinajstić information content (AvgIpc) is 2.51. The van der Waals surface area contributed by atoms with Crippen LogP contribution in [0.4, 0.5) is 5.69 Å². The summed E-state index contributed by atoms with van der Waals surface area (Å²) in [5, 5.41) is 3.13. The number of carbonyl (C=O) groups is 2. The van der Waals surface area contributed by atoms with Crippen LogP contribution < -0.4 is 15.8 Å². The molecule has 5 nitrogen and oxygen atoms in total. The molecule has 0 aromatic heterocycles. The van der Waals surface area contributed by atoms with Crippen LogP contribution >= 0.6 is 11.6 Å². The second kappa shape index (κ2) is 7.15. The van der Waals surface area contributed by atoms with Gasteiger partial charge >= 0.3 is 0 Å². The number of hydrogen-bond donors (Lipinski definition) is 2. The van der Waals surface area contributed by atoms with E-state index < -0.39 is 5.91 Å². The zero-order valence-corrected chi connectivity index (χ0v) is 13.6. The SMILES string of the molecule is CCOc1cc(C)c(C(=O)Nc2ccc(C(N)=O)cc2)cc1Cl. The summed E-state index contributed by atoms with van der Waals surface area (Å²) in [4.78, 5) is 23.4. The van der Waals surface area contributed by atoms with E-state index in [-0.39, 0.29) is 5.91 Å². The molecule has 2 aromatic rings. The lowest BCUT2D eigenvalue weighted by molar-refractivity contribution is 0.0998. The van der Waals surface area contributed by atoms with Crippen LogP contribution in [0, 0.1) is 6.92 Å². The van der Waals surface area contributed by atoms with E-state index in [0.29, 0.717) is 34.2 Å². The van der Waals surface area contributed by atoms with Gasteiger partial charge in [-0.2, -0.15) is 0 Å². The molecule has 0 aliphatic rings. The molecule has 0 aliphatic carbocycles. The van der Waals surface area contributed by atoms with Crippen molar-refractivity contribution in [3.63, 3.8) is 0 Å². The summed E-state index contributed by atoms with van der Waals surface area (Å²) in [6, 6.07) is 9.64. The van der Waals surface area contributed by atoms with Crippen LogP contribution in [0.2, 0.25) is 5.02 Å². The number of ether oxygens (including phenoxy) is 1. The molecule has 0 bridgehead atoms. The highest BCUT2D eigenvalue weighted by atomic mass is 35.5. The summed E-state index contributed by atoms with van der Waals surface area (Å²) in [5.41, 5.74) is 7.33. The van der Waals surface area contributed by atoms with Crippen molar-refractivity contribution in [1.29, 1.82) is 0 Å². The van der Waals surface area contributed by atoms with Gasteiger partial charge in [-0.1, -0.05) is 11.6 Å². The van der Waals surface area contributed by atoms with Gasteiger partial charge in [0.2, 0.25) is 5.91 Å². The maximum absolute atomic E-state index is 12.4. The van der Waals surface area contributed by atoms with Crippen molar-refractivity contribution in [2.45, 2.75) is 13.8 Å². The van der Waals surface area contributed by atoms with Gasteiger partial charge in [-0.25, -0.2) is 0 Å². The van der Waals surface area contributed by atoms with E-state index in [4.69, 9.17) is 22.1 Å². The molecular formula is C17H17ClN2O3. The fourth-order valence-electron chi connectivity index (χ4n) is 2.08. The van der Waals surface area contributed by atoms with Crippen molar-refractivity contribution in [2.75, 3.05) is 11.9 Å². The first-order valence-electron chi connectivity index (χ1n) is 7.06. The molecule has 23 heavy (non-hydrogen) atoms. The molecule has 0 aliphatic heterocycles. The van der Waals surface area contributed by atoms with Gasteiger partial charge in [0, 0.05) is 16.8 Å². The number of rotatable bonds is 5. The number of amides is 2. The summed E-state index contributed by atoms with van der Waals surface area (Å²) in [7, 11) is 0. The lowest BCUT2D eigenvalue weighted by atomic mass is 10.1. The summed E-state index contributed by atoms with van der Waals surface area (Å²) in [6.07, 6.45) is 0. The van der Waals surface area contributed by atoms with Crippen LogP contribution in [-0.4, -0.2) is 18.4 Å². The summed E-state index contributed by atoms with van der Waals surface area (Å²) >= 11 is 6.13. The van der Waals surface area contributed by atoms with Gasteiger partial charge in [0.05, 0.1) is 11.6 Å². The predicted molar refractivity (Wildman–Crippen MR) is 90.3 cm³/mol. The number of nitrogens with one attached hydrogen (secondary N) is 1. The molecule has 0 unspecified atom stereocenters. The molecule has 0 saturated carbocycles. The number of anilines is 1. The molecule has 0 spiro atoms. The molecule has 3 N–H and O–H groups in total. The zero-order valence-electron chi connectivity index (χ0n) is 12.9. The summed E-state index contributed by atoms with van der Waals surface area (Å²) < 4.78 is 5.40. The standard InChI is InChI=1S/C17H17ClN2O3/c1-3-23-15-8-10(2)13(9-14(15)18)17(22)20-12-6-4-11(5-7-12)16(19)21/h4-9H,3H2,1-2H3,(H2,19,21)(H,20,22). The Balaban J connectivity index is 2.20. The Morgan fingerprint density at radius 1 is 1.22 bits per heavy atom. The van der Waals surface area contributed by atoms with Crippen LogP contribution in [0.15, 0.2) is 36.4 Å². The normalized spacial score (nSPS) is 10.2. The lowest BCUT2D eigenvalue weighted by Crippen LogP contribution is -2.14. The van der Waals surface area contributed by atoms with E-state index in [9.17, 15) is 9.59 Å². The van der Waals surface area contributed by atoms with Crippen molar-refractivity contribution in [3.05, 3.63) is 58.1 Å². The third-order valence-corrected chi connectivity index (χ3v) is 3.55. The van der Waals surface area contributed by atoms with Crippen LogP contribution in [0.25, 0.3) is 0 Å². The molecule has 2 rings (SSSR count). The molecule has 6 heteroatoms. The Morgan fingerprint density at radius 2 is 1.87 bits per heavy atom. The maximum Gasteiger partial charge on any atom is 0.255 e. The van der Waals surface area contributed by atoms with E-state index >= 15 is 0 Å². The summed E-state index contributed by atoms with van der Waals surface area (Å²) in [6.45, 7) is 4.17. The van der Waals surface area contributed by atoms with Crippen LogP contribution in [-0.2, 0) is 0 Å². The van der Waals surface area contributed by atoms with E-state index in [0.717, 1.165) is 5.56 Å². The lowest BCUT2D eigenvalue weighted by Gasteiger charge is -2.12. The number of primary amides is 1.